The minimum Gasteiger partial charge on any atom is -0.454 e. The molecule has 0 aromatic heterocycles. The van der Waals surface area contributed by atoms with Gasteiger partial charge in [-0.2, -0.15) is 0 Å². The fourth-order valence-electron chi connectivity index (χ4n) is 3.40. The summed E-state index contributed by atoms with van der Waals surface area (Å²) in [5.41, 5.74) is 2.97. The third-order valence-corrected chi connectivity index (χ3v) is 5.18. The summed E-state index contributed by atoms with van der Waals surface area (Å²) in [5.74, 6) is -1.52. The average molecular weight is 456 g/mol. The molecule has 1 atom stereocenters. The van der Waals surface area contributed by atoms with Crippen molar-refractivity contribution in [2.75, 3.05) is 11.7 Å². The molecule has 0 saturated carbocycles. The van der Waals surface area contributed by atoms with E-state index >= 15 is 0 Å². The number of carbonyl (C=O) groups is 4. The van der Waals surface area contributed by atoms with Crippen molar-refractivity contribution in [2.24, 2.45) is 0 Å². The minimum absolute atomic E-state index is 0.0473. The molecule has 0 aliphatic carbocycles. The Morgan fingerprint density at radius 1 is 1.12 bits per heavy atom. The van der Waals surface area contributed by atoms with Gasteiger partial charge in [0.15, 0.2) is 11.5 Å². The summed E-state index contributed by atoms with van der Waals surface area (Å²) in [6, 6.07) is 9.47. The zero-order valence-corrected chi connectivity index (χ0v) is 17.7. The molecular weight excluding hydrogens is 438 g/mol. The van der Waals surface area contributed by atoms with Crippen molar-refractivity contribution in [1.82, 2.24) is 10.4 Å². The molecule has 1 N–H and O–H groups in total. The van der Waals surface area contributed by atoms with Crippen molar-refractivity contribution in [3.63, 3.8) is 0 Å². The molecule has 1 fully saturated rings. The summed E-state index contributed by atoms with van der Waals surface area (Å²) in [5, 5.41) is 1.32. The van der Waals surface area contributed by atoms with E-state index in [1.54, 1.807) is 19.1 Å². The standard InChI is InChI=1S/C22H18ClN3O6/c1-2-3-19(27)26(24-21(29)13-4-6-14(23)7-5-13)16-11-20(28)25(22(16)30)15-8-9-17-18(10-15)32-12-31-17/h2-10,16H,11-12H2,1H3,(H,24,29). The van der Waals surface area contributed by atoms with Gasteiger partial charge in [-0.15, -0.1) is 0 Å². The second kappa shape index (κ2) is 8.72. The van der Waals surface area contributed by atoms with Crippen LogP contribution in [0.5, 0.6) is 11.5 Å². The van der Waals surface area contributed by atoms with Gasteiger partial charge in [-0.3, -0.25) is 24.6 Å². The number of fused-ring (bicyclic) bond motifs is 1. The van der Waals surface area contributed by atoms with Crippen LogP contribution in [-0.4, -0.2) is 41.5 Å². The number of benzene rings is 2. The van der Waals surface area contributed by atoms with Gasteiger partial charge in [0.05, 0.1) is 12.1 Å². The lowest BCUT2D eigenvalue weighted by molar-refractivity contribution is -0.137. The molecule has 164 valence electrons. The van der Waals surface area contributed by atoms with Crippen LogP contribution in [0.2, 0.25) is 5.02 Å². The third-order valence-electron chi connectivity index (χ3n) is 4.92. The van der Waals surface area contributed by atoms with E-state index < -0.39 is 29.7 Å². The van der Waals surface area contributed by atoms with Crippen molar-refractivity contribution in [2.45, 2.75) is 19.4 Å². The van der Waals surface area contributed by atoms with Crippen LogP contribution in [0, 0.1) is 0 Å². The maximum absolute atomic E-state index is 13.2. The van der Waals surface area contributed by atoms with Crippen LogP contribution in [-0.2, 0) is 14.4 Å². The first kappa shape index (κ1) is 21.4. The fraction of sp³-hybridized carbons (Fsp3) is 0.182. The molecule has 9 nitrogen and oxygen atoms in total. The van der Waals surface area contributed by atoms with Crippen molar-refractivity contribution < 1.29 is 28.7 Å². The lowest BCUT2D eigenvalue weighted by atomic mass is 10.2. The third kappa shape index (κ3) is 4.02. The van der Waals surface area contributed by atoms with Crippen molar-refractivity contribution in [1.29, 1.82) is 0 Å². The van der Waals surface area contributed by atoms with Gasteiger partial charge in [-0.1, -0.05) is 17.7 Å². The Balaban J connectivity index is 1.60. The highest BCUT2D eigenvalue weighted by atomic mass is 35.5. The quantitative estimate of drug-likeness (QED) is 0.431. The Morgan fingerprint density at radius 2 is 1.84 bits per heavy atom. The Kier molecular flexibility index (Phi) is 5.83. The predicted octanol–water partition coefficient (Wildman–Crippen LogP) is 2.45. The molecule has 32 heavy (non-hydrogen) atoms. The smallest absolute Gasteiger partial charge is 0.269 e. The largest absolute Gasteiger partial charge is 0.454 e. The molecule has 0 spiro atoms. The van der Waals surface area contributed by atoms with Crippen molar-refractivity contribution in [3.05, 3.63) is 65.2 Å². The number of allylic oxidation sites excluding steroid dienone is 1. The van der Waals surface area contributed by atoms with Crippen LogP contribution in [0.4, 0.5) is 5.69 Å². The minimum atomic E-state index is -1.21. The second-order valence-electron chi connectivity index (χ2n) is 6.98. The highest BCUT2D eigenvalue weighted by molar-refractivity contribution is 6.30. The SMILES string of the molecule is CC=CC(=O)N(NC(=O)c1ccc(Cl)cc1)C1CC(=O)N(c2ccc3c(c2)OCO3)C1=O. The number of hydrogen-bond donors (Lipinski definition) is 1. The summed E-state index contributed by atoms with van der Waals surface area (Å²) in [6.45, 7) is 1.67. The maximum Gasteiger partial charge on any atom is 0.269 e. The number of nitrogens with zero attached hydrogens (tertiary/aromatic N) is 2. The molecule has 2 heterocycles. The van der Waals surface area contributed by atoms with Crippen LogP contribution in [0.15, 0.2) is 54.6 Å². The van der Waals surface area contributed by atoms with Gasteiger partial charge < -0.3 is 9.47 Å². The monoisotopic (exact) mass is 455 g/mol. The molecule has 0 bridgehead atoms. The van der Waals surface area contributed by atoms with E-state index in [-0.39, 0.29) is 24.5 Å². The number of ether oxygens (including phenoxy) is 2. The number of imide groups is 1. The molecule has 2 aromatic carbocycles. The molecule has 2 aliphatic rings. The van der Waals surface area contributed by atoms with Crippen LogP contribution >= 0.6 is 11.6 Å². The Hall–Kier alpha value is -3.85. The molecule has 2 aromatic rings. The van der Waals surface area contributed by atoms with Crippen molar-refractivity contribution in [3.8, 4) is 11.5 Å². The van der Waals surface area contributed by atoms with E-state index in [0.717, 1.165) is 9.91 Å². The normalized spacial score (nSPS) is 17.2. The lowest BCUT2D eigenvalue weighted by Gasteiger charge is -2.27. The first-order valence-corrected chi connectivity index (χ1v) is 10.1. The average Bonchev–Trinajstić information content (AvgIpc) is 3.35. The highest BCUT2D eigenvalue weighted by Crippen LogP contribution is 2.37. The molecule has 4 rings (SSSR count). The topological polar surface area (TPSA) is 105 Å². The number of anilines is 1. The van der Waals surface area contributed by atoms with E-state index in [1.165, 1.54) is 42.5 Å². The Labute approximate surface area is 188 Å². The molecule has 4 amide bonds. The zero-order chi connectivity index (χ0) is 22.8. The number of amides is 4. The number of hydrazine groups is 1. The molecular formula is C22H18ClN3O6. The van der Waals surface area contributed by atoms with E-state index in [2.05, 4.69) is 5.43 Å². The van der Waals surface area contributed by atoms with E-state index in [0.29, 0.717) is 16.5 Å². The highest BCUT2D eigenvalue weighted by Gasteiger charge is 2.45. The van der Waals surface area contributed by atoms with Crippen molar-refractivity contribution >= 4 is 40.9 Å². The van der Waals surface area contributed by atoms with E-state index in [1.807, 2.05) is 0 Å². The maximum atomic E-state index is 13.2. The number of halogens is 1. The first-order valence-electron chi connectivity index (χ1n) is 9.68. The van der Waals surface area contributed by atoms with Gasteiger partial charge in [-0.25, -0.2) is 9.91 Å². The van der Waals surface area contributed by atoms with E-state index in [4.69, 9.17) is 21.1 Å². The van der Waals surface area contributed by atoms with Gasteiger partial charge in [0.1, 0.15) is 6.04 Å². The van der Waals surface area contributed by atoms with Crippen LogP contribution < -0.4 is 19.8 Å². The summed E-state index contributed by atoms with van der Waals surface area (Å²) in [7, 11) is 0. The van der Waals surface area contributed by atoms with Gasteiger partial charge in [0, 0.05) is 22.7 Å². The summed E-state index contributed by atoms with van der Waals surface area (Å²) in [6.07, 6.45) is 2.38. The van der Waals surface area contributed by atoms with Crippen LogP contribution in [0.3, 0.4) is 0 Å². The van der Waals surface area contributed by atoms with Gasteiger partial charge in [-0.05, 0) is 43.3 Å². The van der Waals surface area contributed by atoms with Gasteiger partial charge >= 0.3 is 0 Å². The van der Waals surface area contributed by atoms with Gasteiger partial charge in [0.2, 0.25) is 12.7 Å². The second-order valence-corrected chi connectivity index (χ2v) is 7.42. The van der Waals surface area contributed by atoms with E-state index in [9.17, 15) is 19.2 Å². The zero-order valence-electron chi connectivity index (χ0n) is 16.9. The number of nitrogens with one attached hydrogen (secondary N) is 1. The summed E-state index contributed by atoms with van der Waals surface area (Å²) < 4.78 is 10.6. The predicted molar refractivity (Wildman–Crippen MR) is 114 cm³/mol. The Morgan fingerprint density at radius 3 is 2.56 bits per heavy atom. The molecule has 1 unspecified atom stereocenters. The lowest BCUT2D eigenvalue weighted by Crippen LogP contribution is -2.54. The molecule has 2 aliphatic heterocycles. The number of rotatable bonds is 4. The first-order chi connectivity index (χ1) is 15.4. The molecule has 0 radical (unpaired) electrons. The van der Waals surface area contributed by atoms with Crippen LogP contribution in [0.25, 0.3) is 0 Å². The van der Waals surface area contributed by atoms with Crippen LogP contribution in [0.1, 0.15) is 23.7 Å². The summed E-state index contributed by atoms with van der Waals surface area (Å²) in [4.78, 5) is 52.2. The number of carbonyl (C=O) groups excluding carboxylic acids is 4. The molecule has 10 heteroatoms. The summed E-state index contributed by atoms with van der Waals surface area (Å²) >= 11 is 5.85. The van der Waals surface area contributed by atoms with Gasteiger partial charge in [0.25, 0.3) is 17.7 Å². The Bertz CT molecular complexity index is 1130. The number of hydrogen-bond acceptors (Lipinski definition) is 6. The fourth-order valence-corrected chi connectivity index (χ4v) is 3.52. The molecule has 1 saturated heterocycles.